The van der Waals surface area contributed by atoms with Gasteiger partial charge in [0.05, 0.1) is 5.92 Å². The summed E-state index contributed by atoms with van der Waals surface area (Å²) in [4.78, 5) is 11.1. The number of hydrogen-bond acceptors (Lipinski definition) is 2. The molecule has 0 bridgehead atoms. The summed E-state index contributed by atoms with van der Waals surface area (Å²) in [7, 11) is 0. The smallest absolute Gasteiger partial charge is 0.308 e. The molecule has 0 saturated heterocycles. The van der Waals surface area contributed by atoms with Gasteiger partial charge in [0.25, 0.3) is 0 Å². The standard InChI is InChI=1S/C11H23NO2/c1-7(2)6-8(12)9(10(13)14)11(3,4)5/h7-9H,6,12H2,1-5H3,(H,13,14)/t8-,9?/m1/s1. The number of hydrogen-bond donors (Lipinski definition) is 2. The van der Waals surface area contributed by atoms with Crippen LogP contribution in [0.2, 0.25) is 0 Å². The lowest BCUT2D eigenvalue weighted by Gasteiger charge is -2.32. The molecule has 1 unspecified atom stereocenters. The van der Waals surface area contributed by atoms with Gasteiger partial charge in [0.2, 0.25) is 0 Å². The molecule has 0 saturated carbocycles. The van der Waals surface area contributed by atoms with Gasteiger partial charge in [0.1, 0.15) is 0 Å². The molecule has 0 spiro atoms. The number of rotatable bonds is 4. The monoisotopic (exact) mass is 201 g/mol. The number of carbonyl (C=O) groups is 1. The lowest BCUT2D eigenvalue weighted by atomic mass is 9.74. The fourth-order valence-electron chi connectivity index (χ4n) is 1.88. The maximum Gasteiger partial charge on any atom is 0.308 e. The van der Waals surface area contributed by atoms with Crippen LogP contribution in [0.25, 0.3) is 0 Å². The van der Waals surface area contributed by atoms with Crippen LogP contribution in [-0.2, 0) is 4.79 Å². The van der Waals surface area contributed by atoms with Gasteiger partial charge in [-0.3, -0.25) is 4.79 Å². The first-order chi connectivity index (χ1) is 6.16. The van der Waals surface area contributed by atoms with E-state index < -0.39 is 11.9 Å². The topological polar surface area (TPSA) is 63.3 Å². The van der Waals surface area contributed by atoms with E-state index in [9.17, 15) is 4.79 Å². The van der Waals surface area contributed by atoms with Gasteiger partial charge >= 0.3 is 5.97 Å². The molecule has 3 nitrogen and oxygen atoms in total. The Morgan fingerprint density at radius 3 is 2.00 bits per heavy atom. The van der Waals surface area contributed by atoms with Crippen LogP contribution in [0.15, 0.2) is 0 Å². The molecule has 0 fully saturated rings. The van der Waals surface area contributed by atoms with Crippen LogP contribution in [0.4, 0.5) is 0 Å². The molecule has 0 aliphatic carbocycles. The fourth-order valence-corrected chi connectivity index (χ4v) is 1.88. The quantitative estimate of drug-likeness (QED) is 0.732. The predicted molar refractivity (Wildman–Crippen MR) is 58.0 cm³/mol. The molecule has 0 aromatic heterocycles. The molecule has 3 heteroatoms. The third-order valence-electron chi connectivity index (χ3n) is 2.37. The summed E-state index contributed by atoms with van der Waals surface area (Å²) in [6, 6.07) is -0.257. The SMILES string of the molecule is CC(C)C[C@@H](N)C(C(=O)O)C(C)(C)C. The van der Waals surface area contributed by atoms with Crippen LogP contribution in [0.1, 0.15) is 41.0 Å². The van der Waals surface area contributed by atoms with Gasteiger partial charge < -0.3 is 10.8 Å². The van der Waals surface area contributed by atoms with Crippen LogP contribution in [0.5, 0.6) is 0 Å². The molecule has 0 aromatic carbocycles. The van der Waals surface area contributed by atoms with Crippen molar-refractivity contribution in [1.29, 1.82) is 0 Å². The van der Waals surface area contributed by atoms with Crippen LogP contribution >= 0.6 is 0 Å². The maximum absolute atomic E-state index is 11.1. The molecule has 0 radical (unpaired) electrons. The fraction of sp³-hybridized carbons (Fsp3) is 0.909. The first-order valence-corrected chi connectivity index (χ1v) is 5.14. The van der Waals surface area contributed by atoms with Crippen molar-refractivity contribution in [3.63, 3.8) is 0 Å². The molecule has 0 aliphatic heterocycles. The highest BCUT2D eigenvalue weighted by atomic mass is 16.4. The normalized spacial score (nSPS) is 16.8. The van der Waals surface area contributed by atoms with Crippen molar-refractivity contribution in [1.82, 2.24) is 0 Å². The number of nitrogens with two attached hydrogens (primary N) is 1. The molecule has 2 atom stereocenters. The van der Waals surface area contributed by atoms with Crippen molar-refractivity contribution in [3.8, 4) is 0 Å². The third-order valence-corrected chi connectivity index (χ3v) is 2.37. The molecular weight excluding hydrogens is 178 g/mol. The highest BCUT2D eigenvalue weighted by Gasteiger charge is 2.36. The van der Waals surface area contributed by atoms with Crippen LogP contribution in [-0.4, -0.2) is 17.1 Å². The van der Waals surface area contributed by atoms with E-state index in [1.165, 1.54) is 0 Å². The molecular formula is C11H23NO2. The Morgan fingerprint density at radius 2 is 1.79 bits per heavy atom. The average Bonchev–Trinajstić information content (AvgIpc) is 1.78. The Kier molecular flexibility index (Phi) is 4.59. The van der Waals surface area contributed by atoms with E-state index >= 15 is 0 Å². The molecule has 0 aromatic rings. The summed E-state index contributed by atoms with van der Waals surface area (Å²) in [5, 5.41) is 9.11. The number of carboxylic acid groups (broad SMARTS) is 1. The minimum atomic E-state index is -0.786. The summed E-state index contributed by atoms with van der Waals surface area (Å²) in [6.07, 6.45) is 0.758. The van der Waals surface area contributed by atoms with Gasteiger partial charge in [0.15, 0.2) is 0 Å². The van der Waals surface area contributed by atoms with Gasteiger partial charge in [-0.1, -0.05) is 34.6 Å². The van der Waals surface area contributed by atoms with Crippen LogP contribution in [0, 0.1) is 17.3 Å². The summed E-state index contributed by atoms with van der Waals surface area (Å²) >= 11 is 0. The largest absolute Gasteiger partial charge is 0.481 e. The summed E-state index contributed by atoms with van der Waals surface area (Å²) in [5.41, 5.74) is 5.65. The predicted octanol–water partition coefficient (Wildman–Crippen LogP) is 2.11. The highest BCUT2D eigenvalue weighted by molar-refractivity contribution is 5.71. The van der Waals surface area contributed by atoms with Crippen molar-refractivity contribution in [2.75, 3.05) is 0 Å². The Balaban J connectivity index is 4.59. The van der Waals surface area contributed by atoms with Crippen molar-refractivity contribution >= 4 is 5.97 Å². The molecule has 14 heavy (non-hydrogen) atoms. The van der Waals surface area contributed by atoms with E-state index in [-0.39, 0.29) is 11.5 Å². The zero-order chi connectivity index (χ0) is 11.5. The Bertz CT molecular complexity index is 194. The Labute approximate surface area is 86.7 Å². The summed E-state index contributed by atoms with van der Waals surface area (Å²) in [6.45, 7) is 9.88. The average molecular weight is 201 g/mol. The number of aliphatic carboxylic acids is 1. The van der Waals surface area contributed by atoms with E-state index in [4.69, 9.17) is 10.8 Å². The van der Waals surface area contributed by atoms with E-state index in [0.29, 0.717) is 5.92 Å². The lowest BCUT2D eigenvalue weighted by molar-refractivity contribution is -0.146. The van der Waals surface area contributed by atoms with Gasteiger partial charge in [-0.15, -0.1) is 0 Å². The number of carboxylic acids is 1. The first kappa shape index (κ1) is 13.4. The van der Waals surface area contributed by atoms with Crippen molar-refractivity contribution in [3.05, 3.63) is 0 Å². The van der Waals surface area contributed by atoms with E-state index in [2.05, 4.69) is 13.8 Å². The minimum absolute atomic E-state index is 0.257. The van der Waals surface area contributed by atoms with Gasteiger partial charge in [-0.05, 0) is 17.8 Å². The molecule has 0 rings (SSSR count). The second-order valence-electron chi connectivity index (χ2n) is 5.48. The summed E-state index contributed by atoms with van der Waals surface area (Å²) < 4.78 is 0. The second-order valence-corrected chi connectivity index (χ2v) is 5.48. The zero-order valence-electron chi connectivity index (χ0n) is 9.87. The van der Waals surface area contributed by atoms with Gasteiger partial charge in [0, 0.05) is 6.04 Å². The highest BCUT2D eigenvalue weighted by Crippen LogP contribution is 2.30. The minimum Gasteiger partial charge on any atom is -0.481 e. The molecule has 3 N–H and O–H groups in total. The summed E-state index contributed by atoms with van der Waals surface area (Å²) in [5.74, 6) is -0.815. The van der Waals surface area contributed by atoms with Crippen LogP contribution < -0.4 is 5.73 Å². The van der Waals surface area contributed by atoms with Crippen molar-refractivity contribution in [2.45, 2.75) is 47.1 Å². The maximum atomic E-state index is 11.1. The lowest BCUT2D eigenvalue weighted by Crippen LogP contribution is -2.44. The van der Waals surface area contributed by atoms with Gasteiger partial charge in [-0.25, -0.2) is 0 Å². The molecule has 0 aliphatic rings. The Morgan fingerprint density at radius 1 is 1.36 bits per heavy atom. The van der Waals surface area contributed by atoms with Crippen molar-refractivity contribution in [2.24, 2.45) is 23.0 Å². The van der Waals surface area contributed by atoms with E-state index in [0.717, 1.165) is 6.42 Å². The molecule has 0 heterocycles. The Hall–Kier alpha value is -0.570. The first-order valence-electron chi connectivity index (χ1n) is 5.14. The van der Waals surface area contributed by atoms with E-state index in [1.54, 1.807) is 0 Å². The third kappa shape index (κ3) is 4.09. The van der Waals surface area contributed by atoms with Crippen LogP contribution in [0.3, 0.4) is 0 Å². The second kappa shape index (κ2) is 4.78. The van der Waals surface area contributed by atoms with Crippen molar-refractivity contribution < 1.29 is 9.90 Å². The van der Waals surface area contributed by atoms with Gasteiger partial charge in [-0.2, -0.15) is 0 Å². The molecule has 84 valence electrons. The van der Waals surface area contributed by atoms with E-state index in [1.807, 2.05) is 20.8 Å². The zero-order valence-corrected chi connectivity index (χ0v) is 9.87. The molecule has 0 amide bonds.